The second kappa shape index (κ2) is 2.41. The Morgan fingerprint density at radius 3 is 2.45 bits per heavy atom. The molecule has 1 saturated heterocycles. The largest absolute Gasteiger partial charge is 0.368 e. The smallest absolute Gasteiger partial charge is 0.280 e. The molecule has 62 valence electrons. The fourth-order valence-corrected chi connectivity index (χ4v) is 1.98. The Morgan fingerprint density at radius 2 is 2.27 bits per heavy atom. The number of amides is 2. The van der Waals surface area contributed by atoms with Crippen LogP contribution in [-0.4, -0.2) is 21.9 Å². The van der Waals surface area contributed by atoms with Gasteiger partial charge in [0.25, 0.3) is 5.24 Å². The van der Waals surface area contributed by atoms with Gasteiger partial charge in [0.05, 0.1) is 0 Å². The zero-order valence-corrected chi connectivity index (χ0v) is 7.20. The molecular weight excluding hydrogens is 164 g/mol. The lowest BCUT2D eigenvalue weighted by Crippen LogP contribution is -2.47. The van der Waals surface area contributed by atoms with E-state index in [1.54, 1.807) is 0 Å². The van der Waals surface area contributed by atoms with Crippen LogP contribution in [0.3, 0.4) is 0 Å². The number of carbonyl (C=O) groups is 2. The van der Waals surface area contributed by atoms with Crippen molar-refractivity contribution >= 4 is 22.9 Å². The first-order valence-corrected chi connectivity index (χ1v) is 4.04. The molecule has 1 fully saturated rings. The molecule has 2 amide bonds. The summed E-state index contributed by atoms with van der Waals surface area (Å²) in [4.78, 5) is 21.6. The van der Waals surface area contributed by atoms with Crippen LogP contribution in [0.4, 0.5) is 4.79 Å². The van der Waals surface area contributed by atoms with Gasteiger partial charge in [0, 0.05) is 4.75 Å². The number of nitrogens with two attached hydrogens (primary N) is 1. The van der Waals surface area contributed by atoms with E-state index >= 15 is 0 Å². The van der Waals surface area contributed by atoms with Crippen molar-refractivity contribution in [2.75, 3.05) is 0 Å². The molecule has 1 aliphatic rings. The van der Waals surface area contributed by atoms with E-state index in [4.69, 9.17) is 5.73 Å². The molecule has 0 aromatic carbocycles. The average molecular weight is 174 g/mol. The Bertz CT molecular complexity index is 215. The third-order valence-electron chi connectivity index (χ3n) is 1.60. The molecule has 1 atom stereocenters. The van der Waals surface area contributed by atoms with Gasteiger partial charge in [-0.2, -0.15) is 0 Å². The number of hydrogen-bond donors (Lipinski definition) is 2. The van der Waals surface area contributed by atoms with Gasteiger partial charge in [-0.05, 0) is 13.8 Å². The van der Waals surface area contributed by atoms with E-state index in [2.05, 4.69) is 5.32 Å². The highest BCUT2D eigenvalue weighted by atomic mass is 32.2. The topological polar surface area (TPSA) is 72.2 Å². The van der Waals surface area contributed by atoms with Crippen LogP contribution in [0.1, 0.15) is 13.8 Å². The summed E-state index contributed by atoms with van der Waals surface area (Å²) in [6.07, 6.45) is 0. The van der Waals surface area contributed by atoms with E-state index in [9.17, 15) is 9.59 Å². The zero-order chi connectivity index (χ0) is 8.65. The molecule has 3 N–H and O–H groups in total. The second-order valence-electron chi connectivity index (χ2n) is 2.97. The van der Waals surface area contributed by atoms with Gasteiger partial charge in [-0.3, -0.25) is 9.59 Å². The minimum atomic E-state index is -0.542. The molecule has 1 heterocycles. The first kappa shape index (κ1) is 8.39. The van der Waals surface area contributed by atoms with Crippen molar-refractivity contribution < 1.29 is 9.59 Å². The summed E-state index contributed by atoms with van der Waals surface area (Å²) in [5.74, 6) is -0.478. The maximum Gasteiger partial charge on any atom is 0.280 e. The number of rotatable bonds is 1. The van der Waals surface area contributed by atoms with Crippen LogP contribution < -0.4 is 11.1 Å². The van der Waals surface area contributed by atoms with Crippen molar-refractivity contribution in [1.29, 1.82) is 0 Å². The van der Waals surface area contributed by atoms with Gasteiger partial charge in [-0.15, -0.1) is 0 Å². The fraction of sp³-hybridized carbons (Fsp3) is 0.667. The second-order valence-corrected chi connectivity index (χ2v) is 4.60. The number of hydrogen-bond acceptors (Lipinski definition) is 3. The molecule has 0 aromatic rings. The van der Waals surface area contributed by atoms with Crippen molar-refractivity contribution in [3.05, 3.63) is 0 Å². The van der Waals surface area contributed by atoms with Gasteiger partial charge < -0.3 is 11.1 Å². The molecule has 0 saturated carbocycles. The highest BCUT2D eigenvalue weighted by Crippen LogP contribution is 2.34. The van der Waals surface area contributed by atoms with Crippen LogP contribution in [0.15, 0.2) is 0 Å². The lowest BCUT2D eigenvalue weighted by Gasteiger charge is -2.20. The van der Waals surface area contributed by atoms with Crippen molar-refractivity contribution in [1.82, 2.24) is 5.32 Å². The van der Waals surface area contributed by atoms with Crippen molar-refractivity contribution in [3.8, 4) is 0 Å². The van der Waals surface area contributed by atoms with Crippen LogP contribution in [0.5, 0.6) is 0 Å². The van der Waals surface area contributed by atoms with Gasteiger partial charge in [-0.1, -0.05) is 11.8 Å². The highest BCUT2D eigenvalue weighted by Gasteiger charge is 2.43. The number of thioether (sulfide) groups is 1. The summed E-state index contributed by atoms with van der Waals surface area (Å²) >= 11 is 1.11. The SMILES string of the molecule is CC1(C)SC(=O)NC1C(N)=O. The first-order valence-electron chi connectivity index (χ1n) is 3.22. The van der Waals surface area contributed by atoms with Crippen LogP contribution in [0.25, 0.3) is 0 Å². The van der Waals surface area contributed by atoms with Gasteiger partial charge in [0.15, 0.2) is 0 Å². The Hall–Kier alpha value is -0.710. The summed E-state index contributed by atoms with van der Waals surface area (Å²) in [6.45, 7) is 3.62. The molecule has 4 nitrogen and oxygen atoms in total. The molecule has 0 aliphatic carbocycles. The summed E-state index contributed by atoms with van der Waals surface area (Å²) in [5, 5.41) is 2.31. The normalized spacial score (nSPS) is 28.2. The van der Waals surface area contributed by atoms with Crippen LogP contribution in [0, 0.1) is 0 Å². The third-order valence-corrected chi connectivity index (χ3v) is 2.66. The lowest BCUT2D eigenvalue weighted by molar-refractivity contribution is -0.120. The van der Waals surface area contributed by atoms with Gasteiger partial charge >= 0.3 is 0 Å². The molecule has 1 unspecified atom stereocenters. The van der Waals surface area contributed by atoms with Crippen molar-refractivity contribution in [2.45, 2.75) is 24.6 Å². The monoisotopic (exact) mass is 174 g/mol. The van der Waals surface area contributed by atoms with E-state index in [0.717, 1.165) is 11.8 Å². The summed E-state index contributed by atoms with van der Waals surface area (Å²) in [5.41, 5.74) is 5.07. The standard InChI is InChI=1S/C6H10N2O2S/c1-6(2)3(4(7)9)8-5(10)11-6/h3H,1-2H3,(H2,7,9)(H,8,10). The Morgan fingerprint density at radius 1 is 1.73 bits per heavy atom. The van der Waals surface area contributed by atoms with Crippen molar-refractivity contribution in [2.24, 2.45) is 5.73 Å². The number of primary amides is 1. The van der Waals surface area contributed by atoms with Crippen LogP contribution in [0.2, 0.25) is 0 Å². The van der Waals surface area contributed by atoms with E-state index in [-0.39, 0.29) is 5.24 Å². The molecule has 5 heteroatoms. The van der Waals surface area contributed by atoms with Gasteiger partial charge in [0.1, 0.15) is 6.04 Å². The quantitative estimate of drug-likeness (QED) is 0.591. The summed E-state index contributed by atoms with van der Waals surface area (Å²) in [7, 11) is 0. The van der Waals surface area contributed by atoms with Crippen LogP contribution in [-0.2, 0) is 4.79 Å². The predicted molar refractivity (Wildman–Crippen MR) is 43.2 cm³/mol. The molecule has 1 rings (SSSR count). The average Bonchev–Trinajstić information content (AvgIpc) is 2.04. The minimum absolute atomic E-state index is 0.182. The maximum atomic E-state index is 10.8. The molecular formula is C6H10N2O2S. The fourth-order valence-electron chi connectivity index (χ4n) is 1.03. The lowest BCUT2D eigenvalue weighted by atomic mass is 10.0. The van der Waals surface area contributed by atoms with E-state index in [0.29, 0.717) is 0 Å². The minimum Gasteiger partial charge on any atom is -0.368 e. The number of nitrogens with one attached hydrogen (secondary N) is 1. The third kappa shape index (κ3) is 1.48. The zero-order valence-electron chi connectivity index (χ0n) is 6.38. The van der Waals surface area contributed by atoms with Gasteiger partial charge in [0.2, 0.25) is 5.91 Å². The maximum absolute atomic E-state index is 10.8. The van der Waals surface area contributed by atoms with Crippen molar-refractivity contribution in [3.63, 3.8) is 0 Å². The van der Waals surface area contributed by atoms with E-state index in [1.165, 1.54) is 0 Å². The Labute approximate surface area is 68.9 Å². The summed E-state index contributed by atoms with van der Waals surface area (Å²) in [6, 6.07) is -0.542. The Balaban J connectivity index is 2.82. The first-order chi connectivity index (χ1) is 4.93. The number of carbonyl (C=O) groups excluding carboxylic acids is 2. The van der Waals surface area contributed by atoms with E-state index < -0.39 is 16.7 Å². The molecule has 11 heavy (non-hydrogen) atoms. The molecule has 0 aromatic heterocycles. The van der Waals surface area contributed by atoms with Gasteiger partial charge in [-0.25, -0.2) is 0 Å². The molecule has 0 spiro atoms. The highest BCUT2D eigenvalue weighted by molar-refractivity contribution is 8.15. The summed E-state index contributed by atoms with van der Waals surface area (Å²) < 4.78 is -0.414. The van der Waals surface area contributed by atoms with E-state index in [1.807, 2.05) is 13.8 Å². The van der Waals surface area contributed by atoms with Crippen LogP contribution >= 0.6 is 11.8 Å². The molecule has 1 aliphatic heterocycles. The predicted octanol–water partition coefficient (Wildman–Crippen LogP) is 0.0753. The molecule has 0 radical (unpaired) electrons. The Kier molecular flexibility index (Phi) is 1.83. The molecule has 0 bridgehead atoms.